The molecule has 0 aliphatic rings. The lowest BCUT2D eigenvalue weighted by Gasteiger charge is -2.05. The van der Waals surface area contributed by atoms with Gasteiger partial charge in [-0.3, -0.25) is 4.79 Å². The molecule has 1 aromatic carbocycles. The molecule has 5 nitrogen and oxygen atoms in total. The maximum absolute atomic E-state index is 10.9. The molecule has 0 fully saturated rings. The second-order valence-corrected chi connectivity index (χ2v) is 3.61. The largest absolute Gasteiger partial charge is 0.414 e. The van der Waals surface area contributed by atoms with Gasteiger partial charge in [0.1, 0.15) is 11.5 Å². The summed E-state index contributed by atoms with van der Waals surface area (Å²) in [5, 5.41) is -0.829. The van der Waals surface area contributed by atoms with Gasteiger partial charge in [0.15, 0.2) is 0 Å². The monoisotopic (exact) mass is 296 g/mol. The van der Waals surface area contributed by atoms with Crippen molar-refractivity contribution in [2.75, 3.05) is 0 Å². The maximum atomic E-state index is 10.9. The van der Waals surface area contributed by atoms with E-state index in [0.29, 0.717) is 0 Å². The van der Waals surface area contributed by atoms with Crippen LogP contribution in [-0.4, -0.2) is 16.1 Å². The first-order valence-electron chi connectivity index (χ1n) is 3.98. The molecule has 0 spiro atoms. The summed E-state index contributed by atoms with van der Waals surface area (Å²) in [6.07, 6.45) is 0. The number of hydrogen-bond acceptors (Lipinski definition) is 5. The predicted molar refractivity (Wildman–Crippen MR) is 60.4 cm³/mol. The number of rotatable bonds is 3. The SMILES string of the molecule is O=C(Cl)Oc1cc(OC(=O)Cl)cc(C(=O)Cl)c1. The van der Waals surface area contributed by atoms with Crippen LogP contribution < -0.4 is 9.47 Å². The zero-order valence-corrected chi connectivity index (χ0v) is 10.2. The van der Waals surface area contributed by atoms with Crippen molar-refractivity contribution in [3.8, 4) is 11.5 Å². The molecule has 0 amide bonds. The van der Waals surface area contributed by atoms with Crippen LogP contribution in [0.3, 0.4) is 0 Å². The third-order valence-corrected chi connectivity index (χ3v) is 1.88. The number of hydrogen-bond donors (Lipinski definition) is 0. The van der Waals surface area contributed by atoms with E-state index in [1.54, 1.807) is 0 Å². The second-order valence-electron chi connectivity index (χ2n) is 2.65. The average molecular weight is 297 g/mol. The molecule has 1 aromatic rings. The van der Waals surface area contributed by atoms with Gasteiger partial charge in [-0.2, -0.15) is 0 Å². The standard InChI is InChI=1S/C9H3Cl3O5/c10-7(13)4-1-5(16-8(11)14)3-6(2-4)17-9(12)15/h1-3H. The normalized spacial score (nSPS) is 9.59. The smallest absolute Gasteiger partial charge is 0.409 e. The highest BCUT2D eigenvalue weighted by Crippen LogP contribution is 2.25. The fourth-order valence-electron chi connectivity index (χ4n) is 0.988. The molecule has 1 rings (SSSR count). The molecule has 17 heavy (non-hydrogen) atoms. The quantitative estimate of drug-likeness (QED) is 0.798. The Labute approximate surface area is 110 Å². The first-order valence-corrected chi connectivity index (χ1v) is 5.11. The Hall–Kier alpha value is -1.30. The van der Waals surface area contributed by atoms with Gasteiger partial charge in [-0.25, -0.2) is 9.59 Å². The fraction of sp³-hybridized carbons (Fsp3) is 0. The molecule has 0 radical (unpaired) electrons. The Balaban J connectivity index is 3.13. The van der Waals surface area contributed by atoms with E-state index in [4.69, 9.17) is 34.8 Å². The van der Waals surface area contributed by atoms with Crippen LogP contribution in [0.5, 0.6) is 11.5 Å². The first kappa shape index (κ1) is 13.8. The van der Waals surface area contributed by atoms with E-state index in [-0.39, 0.29) is 17.1 Å². The average Bonchev–Trinajstić information content (AvgIpc) is 2.14. The van der Waals surface area contributed by atoms with Crippen LogP contribution in [-0.2, 0) is 0 Å². The number of ether oxygens (including phenoxy) is 2. The zero-order valence-electron chi connectivity index (χ0n) is 7.91. The Bertz CT molecular complexity index is 451. The topological polar surface area (TPSA) is 69.7 Å². The fourth-order valence-corrected chi connectivity index (χ4v) is 1.28. The van der Waals surface area contributed by atoms with E-state index >= 15 is 0 Å². The van der Waals surface area contributed by atoms with Gasteiger partial charge >= 0.3 is 10.9 Å². The third-order valence-electron chi connectivity index (χ3n) is 1.50. The van der Waals surface area contributed by atoms with Crippen molar-refractivity contribution < 1.29 is 23.9 Å². The molecule has 0 atom stereocenters. The summed E-state index contributed by atoms with van der Waals surface area (Å²) in [7, 11) is 0. The van der Waals surface area contributed by atoms with Crippen LogP contribution in [0.25, 0.3) is 0 Å². The molecule has 0 aliphatic carbocycles. The highest BCUT2D eigenvalue weighted by Gasteiger charge is 2.11. The molecule has 90 valence electrons. The van der Waals surface area contributed by atoms with Crippen LogP contribution in [0.4, 0.5) is 9.59 Å². The van der Waals surface area contributed by atoms with Crippen molar-refractivity contribution in [1.29, 1.82) is 0 Å². The first-order chi connectivity index (χ1) is 7.88. The molecular weight excluding hydrogens is 294 g/mol. The van der Waals surface area contributed by atoms with Crippen LogP contribution in [0, 0.1) is 0 Å². The van der Waals surface area contributed by atoms with E-state index in [1.165, 1.54) is 0 Å². The summed E-state index contributed by atoms with van der Waals surface area (Å²) >= 11 is 15.2. The summed E-state index contributed by atoms with van der Waals surface area (Å²) < 4.78 is 9.02. The summed E-state index contributed by atoms with van der Waals surface area (Å²) in [6, 6.07) is 3.45. The van der Waals surface area contributed by atoms with Crippen LogP contribution >= 0.6 is 34.8 Å². The Morgan fingerprint density at radius 1 is 0.824 bits per heavy atom. The Morgan fingerprint density at radius 2 is 1.24 bits per heavy atom. The van der Waals surface area contributed by atoms with Gasteiger partial charge in [0.05, 0.1) is 0 Å². The van der Waals surface area contributed by atoms with Gasteiger partial charge in [0, 0.05) is 34.8 Å². The van der Waals surface area contributed by atoms with Gasteiger partial charge in [-0.05, 0) is 23.7 Å². The van der Waals surface area contributed by atoms with E-state index in [2.05, 4.69) is 9.47 Å². The molecule has 0 heterocycles. The van der Waals surface area contributed by atoms with Gasteiger partial charge in [0.2, 0.25) is 0 Å². The van der Waals surface area contributed by atoms with Gasteiger partial charge in [0.25, 0.3) is 5.24 Å². The highest BCUT2D eigenvalue weighted by atomic mass is 35.5. The lowest BCUT2D eigenvalue weighted by atomic mass is 10.2. The summed E-state index contributed by atoms with van der Waals surface area (Å²) in [5.74, 6) is -0.214. The van der Waals surface area contributed by atoms with Crippen molar-refractivity contribution in [1.82, 2.24) is 0 Å². The van der Waals surface area contributed by atoms with E-state index in [9.17, 15) is 14.4 Å². The van der Waals surface area contributed by atoms with Crippen molar-refractivity contribution in [3.63, 3.8) is 0 Å². The lowest BCUT2D eigenvalue weighted by molar-refractivity contribution is 0.108. The molecular formula is C9H3Cl3O5. The minimum absolute atomic E-state index is 0.0463. The minimum atomic E-state index is -1.12. The van der Waals surface area contributed by atoms with E-state index in [0.717, 1.165) is 18.2 Å². The molecule has 0 bridgehead atoms. The van der Waals surface area contributed by atoms with E-state index in [1.807, 2.05) is 0 Å². The number of benzene rings is 1. The zero-order chi connectivity index (χ0) is 13.0. The van der Waals surface area contributed by atoms with Gasteiger partial charge < -0.3 is 9.47 Å². The number of carbonyl (C=O) groups is 3. The molecule has 0 saturated heterocycles. The third kappa shape index (κ3) is 4.60. The number of halogens is 3. The maximum Gasteiger partial charge on any atom is 0.409 e. The molecule has 0 unspecified atom stereocenters. The van der Waals surface area contributed by atoms with Crippen LogP contribution in [0.15, 0.2) is 18.2 Å². The van der Waals surface area contributed by atoms with Crippen molar-refractivity contribution in [3.05, 3.63) is 23.8 Å². The van der Waals surface area contributed by atoms with Gasteiger partial charge in [-0.1, -0.05) is 0 Å². The molecule has 0 saturated carbocycles. The minimum Gasteiger partial charge on any atom is -0.414 e. The van der Waals surface area contributed by atoms with Crippen molar-refractivity contribution in [2.45, 2.75) is 0 Å². The van der Waals surface area contributed by atoms with Crippen LogP contribution in [0.2, 0.25) is 0 Å². The lowest BCUT2D eigenvalue weighted by Crippen LogP contribution is -2.01. The summed E-state index contributed by atoms with van der Waals surface area (Å²) in [6.45, 7) is 0. The summed E-state index contributed by atoms with van der Waals surface area (Å²) in [4.78, 5) is 32.0. The molecule has 0 N–H and O–H groups in total. The summed E-state index contributed by atoms with van der Waals surface area (Å²) in [5.41, 5.74) is -2.28. The van der Waals surface area contributed by atoms with Gasteiger partial charge in [-0.15, -0.1) is 0 Å². The Kier molecular flexibility index (Phi) is 4.74. The number of carbonyl (C=O) groups excluding carboxylic acids is 3. The highest BCUT2D eigenvalue weighted by molar-refractivity contribution is 6.67. The second kappa shape index (κ2) is 5.86. The van der Waals surface area contributed by atoms with Crippen molar-refractivity contribution in [2.24, 2.45) is 0 Å². The molecule has 0 aromatic heterocycles. The van der Waals surface area contributed by atoms with Crippen molar-refractivity contribution >= 4 is 50.9 Å². The predicted octanol–water partition coefficient (Wildman–Crippen LogP) is 3.54. The van der Waals surface area contributed by atoms with Crippen LogP contribution in [0.1, 0.15) is 10.4 Å². The molecule has 0 aliphatic heterocycles. The molecule has 8 heteroatoms. The Morgan fingerprint density at radius 3 is 1.53 bits per heavy atom. The van der Waals surface area contributed by atoms with E-state index < -0.39 is 16.1 Å².